The standard InChI is InChI=1S/C31H47N9O8S/c1-39(13-7-11-23(43)44)14-19-26(45)27(46)30(48-19)40-17-35-25-28(33-16-34-29(25)40)37-22(42)10-3-2-6-12-32-21(41)9-5-4-8-20-24-18(15-49-20)36-31(47)38-24/h16-20,24,26-27,30,45-46H,2-15H2,1H3,(H,32,41)(H,43,44)(H2,36,38,47)(H,33,34,37,42)/t18-,19+,20-,24-,26+,27+,30+/m0/s1. The number of nitrogens with one attached hydrogen (secondary N) is 4. The van der Waals surface area contributed by atoms with Crippen molar-refractivity contribution in [1.82, 2.24) is 40.4 Å². The third-order valence-electron chi connectivity index (χ3n) is 9.13. The highest BCUT2D eigenvalue weighted by Gasteiger charge is 2.45. The summed E-state index contributed by atoms with van der Waals surface area (Å²) >= 11 is 1.88. The summed E-state index contributed by atoms with van der Waals surface area (Å²) in [5.41, 5.74) is 0.630. The summed E-state index contributed by atoms with van der Waals surface area (Å²) in [6.07, 6.45) is 4.63. The van der Waals surface area contributed by atoms with Crippen molar-refractivity contribution in [3.8, 4) is 0 Å². The molecule has 0 unspecified atom stereocenters. The fourth-order valence-corrected chi connectivity index (χ4v) is 8.05. The Morgan fingerprint density at radius 3 is 2.63 bits per heavy atom. The number of aliphatic hydroxyl groups excluding tert-OH is 2. The zero-order valence-corrected chi connectivity index (χ0v) is 28.4. The van der Waals surface area contributed by atoms with Gasteiger partial charge in [-0.1, -0.05) is 12.8 Å². The van der Waals surface area contributed by atoms with Crippen LogP contribution in [0.2, 0.25) is 0 Å². The molecule has 0 spiro atoms. The number of hydrogen-bond acceptors (Lipinski definition) is 12. The smallest absolute Gasteiger partial charge is 0.315 e. The monoisotopic (exact) mass is 705 g/mol. The first-order chi connectivity index (χ1) is 23.6. The molecule has 7 N–H and O–H groups in total. The maximum atomic E-state index is 12.7. The molecular formula is C31H47N9O8S. The highest BCUT2D eigenvalue weighted by atomic mass is 32.2. The van der Waals surface area contributed by atoms with Crippen LogP contribution in [-0.2, 0) is 19.1 Å². The third-order valence-corrected chi connectivity index (χ3v) is 10.6. The number of aliphatic carboxylic acids is 1. The number of aromatic nitrogens is 4. The predicted molar refractivity (Wildman–Crippen MR) is 180 cm³/mol. The highest BCUT2D eigenvalue weighted by molar-refractivity contribution is 8.00. The molecule has 7 atom stereocenters. The van der Waals surface area contributed by atoms with E-state index in [1.807, 2.05) is 16.7 Å². The van der Waals surface area contributed by atoms with Gasteiger partial charge in [-0.2, -0.15) is 11.8 Å². The zero-order valence-electron chi connectivity index (χ0n) is 27.6. The van der Waals surface area contributed by atoms with E-state index in [0.717, 1.165) is 37.9 Å². The van der Waals surface area contributed by atoms with Gasteiger partial charge in [-0.25, -0.2) is 19.7 Å². The molecule has 18 heteroatoms. The number of rotatable bonds is 19. The van der Waals surface area contributed by atoms with Crippen LogP contribution in [0.25, 0.3) is 11.2 Å². The van der Waals surface area contributed by atoms with E-state index in [4.69, 9.17) is 9.84 Å². The van der Waals surface area contributed by atoms with Gasteiger partial charge in [0.25, 0.3) is 0 Å². The van der Waals surface area contributed by atoms with Crippen LogP contribution in [0.4, 0.5) is 10.6 Å². The Morgan fingerprint density at radius 2 is 1.82 bits per heavy atom. The second-order valence-corrected chi connectivity index (χ2v) is 14.2. The van der Waals surface area contributed by atoms with Gasteiger partial charge < -0.3 is 46.2 Å². The first-order valence-electron chi connectivity index (χ1n) is 17.0. The lowest BCUT2D eigenvalue weighted by molar-refractivity contribution is -0.137. The Balaban J connectivity index is 0.978. The summed E-state index contributed by atoms with van der Waals surface area (Å²) < 4.78 is 7.49. The summed E-state index contributed by atoms with van der Waals surface area (Å²) in [6.45, 7) is 1.33. The normalized spacial score (nSPS) is 26.1. The number of thioether (sulfide) groups is 1. The van der Waals surface area contributed by atoms with E-state index < -0.39 is 30.5 Å². The molecule has 0 saturated carbocycles. The number of carboxylic acid groups (broad SMARTS) is 1. The number of ether oxygens (including phenoxy) is 1. The number of amides is 4. The average molecular weight is 706 g/mol. The van der Waals surface area contributed by atoms with Crippen LogP contribution in [0.3, 0.4) is 0 Å². The van der Waals surface area contributed by atoms with E-state index in [1.54, 1.807) is 7.05 Å². The van der Waals surface area contributed by atoms with Gasteiger partial charge in [0, 0.05) is 43.4 Å². The van der Waals surface area contributed by atoms with Gasteiger partial charge in [-0.05, 0) is 45.7 Å². The summed E-state index contributed by atoms with van der Waals surface area (Å²) in [4.78, 5) is 61.9. The Bertz CT molecular complexity index is 1460. The van der Waals surface area contributed by atoms with Crippen molar-refractivity contribution in [3.63, 3.8) is 0 Å². The number of carbonyl (C=O) groups is 4. The van der Waals surface area contributed by atoms with E-state index in [9.17, 15) is 29.4 Å². The molecule has 3 aliphatic heterocycles. The number of fused-ring (bicyclic) bond motifs is 2. The minimum Gasteiger partial charge on any atom is -0.481 e. The van der Waals surface area contributed by atoms with Crippen molar-refractivity contribution < 1.29 is 39.2 Å². The molecule has 0 aliphatic carbocycles. The molecule has 2 aromatic heterocycles. The molecule has 0 radical (unpaired) electrons. The summed E-state index contributed by atoms with van der Waals surface area (Å²) in [5, 5.41) is 42.3. The Kier molecular flexibility index (Phi) is 13.0. The predicted octanol–water partition coefficient (Wildman–Crippen LogP) is 0.583. The van der Waals surface area contributed by atoms with Crippen molar-refractivity contribution in [3.05, 3.63) is 12.7 Å². The van der Waals surface area contributed by atoms with Gasteiger partial charge in [0.05, 0.1) is 18.4 Å². The molecule has 49 heavy (non-hydrogen) atoms. The molecule has 17 nitrogen and oxygen atoms in total. The molecule has 4 amide bonds. The molecule has 5 heterocycles. The molecule has 0 aromatic carbocycles. The maximum absolute atomic E-state index is 12.7. The quantitative estimate of drug-likeness (QED) is 0.0784. The van der Waals surface area contributed by atoms with E-state index in [2.05, 4.69) is 36.2 Å². The second kappa shape index (κ2) is 17.4. The van der Waals surface area contributed by atoms with Crippen molar-refractivity contribution in [2.45, 2.75) is 106 Å². The van der Waals surface area contributed by atoms with Crippen LogP contribution in [0.5, 0.6) is 0 Å². The van der Waals surface area contributed by atoms with E-state index in [0.29, 0.717) is 48.8 Å². The number of carboxylic acids is 1. The van der Waals surface area contributed by atoms with Crippen LogP contribution in [0.15, 0.2) is 12.7 Å². The van der Waals surface area contributed by atoms with Crippen LogP contribution in [0, 0.1) is 0 Å². The van der Waals surface area contributed by atoms with Crippen LogP contribution in [0.1, 0.15) is 70.4 Å². The Labute approximate surface area is 288 Å². The van der Waals surface area contributed by atoms with Gasteiger partial charge in [-0.3, -0.25) is 19.0 Å². The number of unbranched alkanes of at least 4 members (excludes halogenated alkanes) is 3. The van der Waals surface area contributed by atoms with E-state index in [1.165, 1.54) is 17.2 Å². The lowest BCUT2D eigenvalue weighted by atomic mass is 10.0. The molecule has 0 bridgehead atoms. The summed E-state index contributed by atoms with van der Waals surface area (Å²) in [5.74, 6) is 0.0664. The lowest BCUT2D eigenvalue weighted by Gasteiger charge is -2.22. The maximum Gasteiger partial charge on any atom is 0.315 e. The van der Waals surface area contributed by atoms with Crippen molar-refractivity contribution >= 4 is 52.6 Å². The fourth-order valence-electron chi connectivity index (χ4n) is 6.51. The van der Waals surface area contributed by atoms with E-state index >= 15 is 0 Å². The molecule has 270 valence electrons. The van der Waals surface area contributed by atoms with Crippen LogP contribution in [-0.4, -0.2) is 132 Å². The Hall–Kier alpha value is -3.58. The molecule has 3 saturated heterocycles. The summed E-state index contributed by atoms with van der Waals surface area (Å²) in [6, 6.07) is 0.322. The van der Waals surface area contributed by atoms with Gasteiger partial charge in [0.15, 0.2) is 23.2 Å². The number of carbonyl (C=O) groups excluding carboxylic acids is 3. The van der Waals surface area contributed by atoms with Gasteiger partial charge in [-0.15, -0.1) is 0 Å². The van der Waals surface area contributed by atoms with Crippen molar-refractivity contribution in [1.29, 1.82) is 0 Å². The number of likely N-dealkylation sites (N-methyl/N-ethyl adjacent to an activating group) is 1. The highest BCUT2D eigenvalue weighted by Crippen LogP contribution is 2.34. The number of hydrogen-bond donors (Lipinski definition) is 7. The fraction of sp³-hybridized carbons (Fsp3) is 0.710. The largest absolute Gasteiger partial charge is 0.481 e. The number of imidazole rings is 1. The molecule has 5 rings (SSSR count). The van der Waals surface area contributed by atoms with Gasteiger partial charge in [0.2, 0.25) is 11.8 Å². The minimum atomic E-state index is -1.27. The Morgan fingerprint density at radius 1 is 1.02 bits per heavy atom. The average Bonchev–Trinajstić information content (AvgIpc) is 3.81. The zero-order chi connectivity index (χ0) is 34.9. The lowest BCUT2D eigenvalue weighted by Crippen LogP contribution is -2.38. The topological polar surface area (TPSA) is 233 Å². The molecule has 3 aliphatic rings. The van der Waals surface area contributed by atoms with E-state index in [-0.39, 0.29) is 55.1 Å². The third kappa shape index (κ3) is 9.78. The summed E-state index contributed by atoms with van der Waals surface area (Å²) in [7, 11) is 1.79. The van der Waals surface area contributed by atoms with Gasteiger partial charge >= 0.3 is 12.0 Å². The number of aliphatic hydroxyl groups is 2. The SMILES string of the molecule is CN(CCCC(=O)O)C[C@H]1O[C@@H](n2cnc3c(NC(=O)CCCCCNC(=O)CCCC[C@@H]4SC[C@@H]5NC(=O)N[C@@H]54)ncnc32)[C@H](O)[C@@H]1O. The van der Waals surface area contributed by atoms with Crippen LogP contribution >= 0.6 is 11.8 Å². The van der Waals surface area contributed by atoms with Crippen molar-refractivity contribution in [2.24, 2.45) is 0 Å². The first kappa shape index (κ1) is 36.7. The van der Waals surface area contributed by atoms with Crippen LogP contribution < -0.4 is 21.3 Å². The number of urea groups is 1. The number of nitrogens with zero attached hydrogens (tertiary/aromatic N) is 5. The number of anilines is 1. The second-order valence-electron chi connectivity index (χ2n) is 12.9. The van der Waals surface area contributed by atoms with Gasteiger partial charge in [0.1, 0.15) is 24.6 Å². The molecular weight excluding hydrogens is 658 g/mol. The first-order valence-corrected chi connectivity index (χ1v) is 18.0. The van der Waals surface area contributed by atoms with Crippen molar-refractivity contribution in [2.75, 3.05) is 37.8 Å². The minimum absolute atomic E-state index is 0.0265. The molecule has 2 aromatic rings. The molecule has 3 fully saturated rings.